The first kappa shape index (κ1) is 11.0. The molecule has 3 heteroatoms. The standard InChI is InChI=1S/C10H22N2O/c1-12-6-3-4-10(9-12)8-11-5-7-13-2/h10-11H,3-9H2,1-2H3. The highest BCUT2D eigenvalue weighted by Gasteiger charge is 2.15. The average molecular weight is 186 g/mol. The fourth-order valence-corrected chi connectivity index (χ4v) is 1.92. The Hall–Kier alpha value is -0.120. The van der Waals surface area contributed by atoms with Crippen LogP contribution in [0.25, 0.3) is 0 Å². The zero-order valence-electron chi connectivity index (χ0n) is 8.88. The van der Waals surface area contributed by atoms with E-state index in [9.17, 15) is 0 Å². The molecule has 1 aliphatic heterocycles. The third-order valence-corrected chi connectivity index (χ3v) is 2.64. The van der Waals surface area contributed by atoms with Gasteiger partial charge in [-0.25, -0.2) is 0 Å². The Morgan fingerprint density at radius 2 is 2.38 bits per heavy atom. The molecular weight excluding hydrogens is 164 g/mol. The van der Waals surface area contributed by atoms with Crippen LogP contribution in [-0.4, -0.2) is 51.8 Å². The van der Waals surface area contributed by atoms with Gasteiger partial charge in [-0.3, -0.25) is 0 Å². The Balaban J connectivity index is 2.00. The zero-order chi connectivity index (χ0) is 9.52. The number of ether oxygens (including phenoxy) is 1. The van der Waals surface area contributed by atoms with Crippen molar-refractivity contribution in [2.24, 2.45) is 5.92 Å². The second kappa shape index (κ2) is 6.35. The van der Waals surface area contributed by atoms with E-state index in [1.807, 2.05) is 0 Å². The van der Waals surface area contributed by atoms with E-state index < -0.39 is 0 Å². The van der Waals surface area contributed by atoms with Gasteiger partial charge in [-0.15, -0.1) is 0 Å². The lowest BCUT2D eigenvalue weighted by Gasteiger charge is -2.29. The van der Waals surface area contributed by atoms with Gasteiger partial charge in [0.25, 0.3) is 0 Å². The summed E-state index contributed by atoms with van der Waals surface area (Å²) in [5.41, 5.74) is 0. The molecule has 0 radical (unpaired) electrons. The van der Waals surface area contributed by atoms with E-state index in [0.717, 1.165) is 25.6 Å². The number of methoxy groups -OCH3 is 1. The fourth-order valence-electron chi connectivity index (χ4n) is 1.92. The van der Waals surface area contributed by atoms with Crippen molar-refractivity contribution in [2.75, 3.05) is 46.9 Å². The minimum absolute atomic E-state index is 0.822. The molecule has 1 aliphatic rings. The molecule has 1 atom stereocenters. The Morgan fingerprint density at radius 3 is 3.08 bits per heavy atom. The Morgan fingerprint density at radius 1 is 1.54 bits per heavy atom. The first-order valence-corrected chi connectivity index (χ1v) is 5.21. The normalized spacial score (nSPS) is 24.9. The molecule has 0 saturated carbocycles. The molecule has 0 aromatic rings. The fraction of sp³-hybridized carbons (Fsp3) is 1.00. The topological polar surface area (TPSA) is 24.5 Å². The van der Waals surface area contributed by atoms with Crippen molar-refractivity contribution in [3.8, 4) is 0 Å². The Bertz CT molecular complexity index is 130. The molecule has 3 nitrogen and oxygen atoms in total. The van der Waals surface area contributed by atoms with Crippen molar-refractivity contribution in [2.45, 2.75) is 12.8 Å². The van der Waals surface area contributed by atoms with Gasteiger partial charge in [0.2, 0.25) is 0 Å². The van der Waals surface area contributed by atoms with E-state index >= 15 is 0 Å². The molecule has 1 saturated heterocycles. The van der Waals surface area contributed by atoms with Gasteiger partial charge in [0, 0.05) is 20.2 Å². The van der Waals surface area contributed by atoms with Crippen LogP contribution in [0, 0.1) is 5.92 Å². The molecule has 0 bridgehead atoms. The van der Waals surface area contributed by atoms with E-state index in [-0.39, 0.29) is 0 Å². The average Bonchev–Trinajstić information content (AvgIpc) is 2.13. The summed E-state index contributed by atoms with van der Waals surface area (Å²) < 4.78 is 4.98. The summed E-state index contributed by atoms with van der Waals surface area (Å²) in [7, 11) is 3.96. The van der Waals surface area contributed by atoms with Crippen LogP contribution in [0.4, 0.5) is 0 Å². The van der Waals surface area contributed by atoms with Gasteiger partial charge < -0.3 is 15.0 Å². The molecule has 1 N–H and O–H groups in total. The van der Waals surface area contributed by atoms with Crippen LogP contribution in [0.1, 0.15) is 12.8 Å². The van der Waals surface area contributed by atoms with Crippen molar-refractivity contribution in [3.05, 3.63) is 0 Å². The van der Waals surface area contributed by atoms with Crippen LogP contribution < -0.4 is 5.32 Å². The minimum atomic E-state index is 0.822. The number of rotatable bonds is 5. The SMILES string of the molecule is COCCNCC1CCCN(C)C1. The summed E-state index contributed by atoms with van der Waals surface area (Å²) in [6.07, 6.45) is 2.73. The maximum Gasteiger partial charge on any atom is 0.0587 e. The second-order valence-corrected chi connectivity index (χ2v) is 3.97. The van der Waals surface area contributed by atoms with Crippen molar-refractivity contribution in [1.29, 1.82) is 0 Å². The van der Waals surface area contributed by atoms with Crippen molar-refractivity contribution < 1.29 is 4.74 Å². The molecule has 1 rings (SSSR count). The van der Waals surface area contributed by atoms with Crippen LogP contribution in [0.15, 0.2) is 0 Å². The molecule has 13 heavy (non-hydrogen) atoms. The van der Waals surface area contributed by atoms with Crippen LogP contribution in [0.5, 0.6) is 0 Å². The first-order valence-electron chi connectivity index (χ1n) is 5.21. The molecule has 1 unspecified atom stereocenters. The highest BCUT2D eigenvalue weighted by molar-refractivity contribution is 4.72. The van der Waals surface area contributed by atoms with Crippen molar-refractivity contribution >= 4 is 0 Å². The molecule has 0 amide bonds. The zero-order valence-corrected chi connectivity index (χ0v) is 8.88. The number of nitrogens with zero attached hydrogens (tertiary/aromatic N) is 1. The van der Waals surface area contributed by atoms with E-state index in [1.54, 1.807) is 7.11 Å². The molecule has 0 aromatic carbocycles. The quantitative estimate of drug-likeness (QED) is 0.635. The van der Waals surface area contributed by atoms with Crippen LogP contribution in [0.2, 0.25) is 0 Å². The third kappa shape index (κ3) is 4.60. The van der Waals surface area contributed by atoms with Gasteiger partial charge in [-0.1, -0.05) is 0 Å². The summed E-state index contributed by atoms with van der Waals surface area (Å²) in [6.45, 7) is 5.47. The third-order valence-electron chi connectivity index (χ3n) is 2.64. The highest BCUT2D eigenvalue weighted by Crippen LogP contribution is 2.13. The first-order chi connectivity index (χ1) is 6.33. The van der Waals surface area contributed by atoms with E-state index in [0.29, 0.717) is 0 Å². The van der Waals surface area contributed by atoms with Gasteiger partial charge in [0.1, 0.15) is 0 Å². The van der Waals surface area contributed by atoms with E-state index in [4.69, 9.17) is 4.74 Å². The number of hydrogen-bond acceptors (Lipinski definition) is 3. The van der Waals surface area contributed by atoms with Crippen LogP contribution in [0.3, 0.4) is 0 Å². The summed E-state index contributed by atoms with van der Waals surface area (Å²) in [6, 6.07) is 0. The molecule has 0 aromatic heterocycles. The predicted molar refractivity (Wildman–Crippen MR) is 55.0 cm³/mol. The smallest absolute Gasteiger partial charge is 0.0587 e. The van der Waals surface area contributed by atoms with Gasteiger partial charge in [-0.05, 0) is 38.9 Å². The molecule has 0 spiro atoms. The van der Waals surface area contributed by atoms with Gasteiger partial charge in [0.15, 0.2) is 0 Å². The van der Waals surface area contributed by atoms with Gasteiger partial charge in [0.05, 0.1) is 6.61 Å². The lowest BCUT2D eigenvalue weighted by molar-refractivity contribution is 0.184. The van der Waals surface area contributed by atoms with Crippen molar-refractivity contribution in [3.63, 3.8) is 0 Å². The maximum atomic E-state index is 4.98. The molecule has 0 aliphatic carbocycles. The monoisotopic (exact) mass is 186 g/mol. The molecular formula is C10H22N2O. The summed E-state index contributed by atoms with van der Waals surface area (Å²) >= 11 is 0. The summed E-state index contributed by atoms with van der Waals surface area (Å²) in [5, 5.41) is 3.42. The van der Waals surface area contributed by atoms with Crippen LogP contribution in [-0.2, 0) is 4.74 Å². The second-order valence-electron chi connectivity index (χ2n) is 3.97. The van der Waals surface area contributed by atoms with Gasteiger partial charge >= 0.3 is 0 Å². The number of likely N-dealkylation sites (tertiary alicyclic amines) is 1. The summed E-state index contributed by atoms with van der Waals surface area (Å²) in [4.78, 5) is 2.42. The van der Waals surface area contributed by atoms with Crippen LogP contribution >= 0.6 is 0 Å². The number of piperidine rings is 1. The maximum absolute atomic E-state index is 4.98. The van der Waals surface area contributed by atoms with Crippen molar-refractivity contribution in [1.82, 2.24) is 10.2 Å². The predicted octanol–water partition coefficient (Wildman–Crippen LogP) is 0.564. The molecule has 78 valence electrons. The lowest BCUT2D eigenvalue weighted by Crippen LogP contribution is -2.38. The summed E-state index contributed by atoms with van der Waals surface area (Å²) in [5.74, 6) is 0.843. The Kier molecular flexibility index (Phi) is 5.35. The highest BCUT2D eigenvalue weighted by atomic mass is 16.5. The lowest BCUT2D eigenvalue weighted by atomic mass is 9.98. The van der Waals surface area contributed by atoms with Gasteiger partial charge in [-0.2, -0.15) is 0 Å². The van der Waals surface area contributed by atoms with E-state index in [2.05, 4.69) is 17.3 Å². The number of hydrogen-bond donors (Lipinski definition) is 1. The largest absolute Gasteiger partial charge is 0.383 e. The molecule has 1 heterocycles. The molecule has 1 fully saturated rings. The number of nitrogens with one attached hydrogen (secondary N) is 1. The van der Waals surface area contributed by atoms with E-state index in [1.165, 1.54) is 25.9 Å². The Labute approximate surface area is 81.4 Å². The minimum Gasteiger partial charge on any atom is -0.383 e.